The third-order valence-corrected chi connectivity index (χ3v) is 4.39. The molecule has 30 heavy (non-hydrogen) atoms. The lowest BCUT2D eigenvalue weighted by atomic mass is 10.2. The van der Waals surface area contributed by atoms with Crippen LogP contribution in [-0.2, 0) is 13.1 Å². The van der Waals surface area contributed by atoms with E-state index in [-0.39, 0.29) is 36.7 Å². The summed E-state index contributed by atoms with van der Waals surface area (Å²) in [5.74, 6) is -0.824. The van der Waals surface area contributed by atoms with E-state index < -0.39 is 11.5 Å². The van der Waals surface area contributed by atoms with Crippen LogP contribution in [0.1, 0.15) is 16.1 Å². The lowest BCUT2D eigenvalue weighted by molar-refractivity contribution is 0.0946. The Hall–Kier alpha value is -4.15. The van der Waals surface area contributed by atoms with Gasteiger partial charge in [0.15, 0.2) is 5.65 Å². The van der Waals surface area contributed by atoms with Crippen molar-refractivity contribution in [2.75, 3.05) is 6.54 Å². The van der Waals surface area contributed by atoms with Crippen LogP contribution in [0, 0.1) is 5.82 Å². The number of carbonyl (C=O) groups is 1. The second-order valence-electron chi connectivity index (χ2n) is 6.47. The number of aromatic amines is 1. The van der Waals surface area contributed by atoms with Crippen molar-refractivity contribution >= 4 is 16.9 Å². The Bertz CT molecular complexity index is 1320. The quantitative estimate of drug-likeness (QED) is 0.471. The van der Waals surface area contributed by atoms with Crippen LogP contribution in [0.5, 0.6) is 0 Å². The number of aromatic nitrogens is 6. The van der Waals surface area contributed by atoms with Crippen molar-refractivity contribution in [3.8, 4) is 0 Å². The van der Waals surface area contributed by atoms with E-state index in [1.54, 1.807) is 12.1 Å². The van der Waals surface area contributed by atoms with Crippen LogP contribution in [0.25, 0.3) is 11.0 Å². The first-order valence-corrected chi connectivity index (χ1v) is 9.00. The topological polar surface area (TPSA) is 128 Å². The molecule has 1 amide bonds. The molecule has 0 radical (unpaired) electrons. The fourth-order valence-electron chi connectivity index (χ4n) is 2.94. The highest BCUT2D eigenvalue weighted by Gasteiger charge is 2.12. The third-order valence-electron chi connectivity index (χ3n) is 4.39. The maximum Gasteiger partial charge on any atom is 0.271 e. The molecule has 0 aliphatic carbocycles. The predicted molar refractivity (Wildman–Crippen MR) is 104 cm³/mol. The predicted octanol–water partition coefficient (Wildman–Crippen LogP) is 0.294. The maximum absolute atomic E-state index is 13.4. The number of amides is 1. The van der Waals surface area contributed by atoms with Gasteiger partial charge < -0.3 is 5.32 Å². The van der Waals surface area contributed by atoms with E-state index in [0.29, 0.717) is 16.6 Å². The van der Waals surface area contributed by atoms with Gasteiger partial charge in [0.05, 0.1) is 19.3 Å². The van der Waals surface area contributed by atoms with Crippen molar-refractivity contribution in [1.29, 1.82) is 0 Å². The van der Waals surface area contributed by atoms with Crippen LogP contribution in [-0.4, -0.2) is 42.0 Å². The Morgan fingerprint density at radius 2 is 2.07 bits per heavy atom. The Balaban J connectivity index is 1.46. The van der Waals surface area contributed by atoms with Gasteiger partial charge in [-0.2, -0.15) is 10.2 Å². The van der Waals surface area contributed by atoms with E-state index in [1.165, 1.54) is 46.0 Å². The number of hydrogen-bond donors (Lipinski definition) is 2. The van der Waals surface area contributed by atoms with Gasteiger partial charge in [0.2, 0.25) is 0 Å². The molecule has 0 bridgehead atoms. The lowest BCUT2D eigenvalue weighted by Gasteiger charge is -2.07. The normalized spacial score (nSPS) is 11.0. The van der Waals surface area contributed by atoms with Crippen molar-refractivity contribution in [1.82, 2.24) is 34.8 Å². The molecule has 0 saturated heterocycles. The number of halogens is 1. The SMILES string of the molecule is O=C(NCCn1ncc2c(=O)n(Cc3cccc(F)c3)cnc21)c1ccc(=O)[nH]n1. The number of rotatable bonds is 6. The van der Waals surface area contributed by atoms with E-state index >= 15 is 0 Å². The highest BCUT2D eigenvalue weighted by Crippen LogP contribution is 2.08. The summed E-state index contributed by atoms with van der Waals surface area (Å²) in [6.07, 6.45) is 2.80. The molecule has 0 aliphatic heterocycles. The number of nitrogens with one attached hydrogen (secondary N) is 2. The highest BCUT2D eigenvalue weighted by molar-refractivity contribution is 5.91. The Morgan fingerprint density at radius 1 is 1.20 bits per heavy atom. The number of fused-ring (bicyclic) bond motifs is 1. The zero-order valence-corrected chi connectivity index (χ0v) is 15.6. The van der Waals surface area contributed by atoms with Gasteiger partial charge in [-0.25, -0.2) is 19.2 Å². The van der Waals surface area contributed by atoms with Crippen LogP contribution in [0.2, 0.25) is 0 Å². The molecule has 0 atom stereocenters. The average Bonchev–Trinajstić information content (AvgIpc) is 3.14. The average molecular weight is 409 g/mol. The molecular formula is C19H16FN7O3. The molecule has 0 aliphatic rings. The number of carbonyl (C=O) groups excluding carboxylic acids is 1. The van der Waals surface area contributed by atoms with Crippen LogP contribution in [0.3, 0.4) is 0 Å². The number of nitrogens with zero attached hydrogens (tertiary/aromatic N) is 5. The van der Waals surface area contributed by atoms with E-state index in [1.807, 2.05) is 0 Å². The van der Waals surface area contributed by atoms with Crippen molar-refractivity contribution < 1.29 is 9.18 Å². The zero-order chi connectivity index (χ0) is 21.1. The molecule has 0 fully saturated rings. The second kappa shape index (κ2) is 8.07. The maximum atomic E-state index is 13.4. The monoisotopic (exact) mass is 409 g/mol. The first-order chi connectivity index (χ1) is 14.5. The first kappa shape index (κ1) is 19.2. The fraction of sp³-hybridized carbons (Fsp3) is 0.158. The molecule has 10 nitrogen and oxygen atoms in total. The minimum atomic E-state index is -0.451. The summed E-state index contributed by atoms with van der Waals surface area (Å²) >= 11 is 0. The van der Waals surface area contributed by atoms with Crippen molar-refractivity contribution in [3.63, 3.8) is 0 Å². The number of hydrogen-bond acceptors (Lipinski definition) is 6. The summed E-state index contributed by atoms with van der Waals surface area (Å²) in [6, 6.07) is 8.53. The number of H-pyrrole nitrogens is 1. The van der Waals surface area contributed by atoms with E-state index in [0.717, 1.165) is 0 Å². The standard InChI is InChI=1S/C19H16FN7O3/c20-13-3-1-2-12(8-13)10-26-11-22-17-14(19(26)30)9-23-27(17)7-6-21-18(29)15-4-5-16(28)25-24-15/h1-5,8-9,11H,6-7,10H2,(H,21,29)(H,25,28). The van der Waals surface area contributed by atoms with Gasteiger partial charge in [-0.1, -0.05) is 12.1 Å². The molecule has 1 aromatic carbocycles. The Morgan fingerprint density at radius 3 is 2.83 bits per heavy atom. The summed E-state index contributed by atoms with van der Waals surface area (Å²) in [4.78, 5) is 40.0. The van der Waals surface area contributed by atoms with Gasteiger partial charge >= 0.3 is 0 Å². The van der Waals surface area contributed by atoms with Gasteiger partial charge in [-0.3, -0.25) is 19.0 Å². The summed E-state index contributed by atoms with van der Waals surface area (Å²) in [6.45, 7) is 0.677. The van der Waals surface area contributed by atoms with Crippen LogP contribution in [0.4, 0.5) is 4.39 Å². The lowest BCUT2D eigenvalue weighted by Crippen LogP contribution is -2.29. The zero-order valence-electron chi connectivity index (χ0n) is 15.6. The largest absolute Gasteiger partial charge is 0.349 e. The Labute approximate surface area is 168 Å². The smallest absolute Gasteiger partial charge is 0.271 e. The third kappa shape index (κ3) is 3.99. The van der Waals surface area contributed by atoms with E-state index in [4.69, 9.17) is 0 Å². The van der Waals surface area contributed by atoms with Crippen LogP contribution < -0.4 is 16.4 Å². The van der Waals surface area contributed by atoms with Crippen molar-refractivity contribution in [2.24, 2.45) is 0 Å². The molecule has 4 aromatic rings. The molecule has 11 heteroatoms. The molecular weight excluding hydrogens is 393 g/mol. The van der Waals surface area contributed by atoms with Gasteiger partial charge in [-0.05, 0) is 23.8 Å². The van der Waals surface area contributed by atoms with Crippen LogP contribution >= 0.6 is 0 Å². The molecule has 4 rings (SSSR count). The molecule has 3 heterocycles. The van der Waals surface area contributed by atoms with Crippen molar-refractivity contribution in [3.05, 3.63) is 86.7 Å². The summed E-state index contributed by atoms with van der Waals surface area (Å²) in [7, 11) is 0. The molecule has 152 valence electrons. The van der Waals surface area contributed by atoms with Gasteiger partial charge in [0.25, 0.3) is 17.0 Å². The Kier molecular flexibility index (Phi) is 5.16. The summed E-state index contributed by atoms with van der Waals surface area (Å²) in [5, 5.41) is 13.0. The minimum absolute atomic E-state index is 0.0817. The first-order valence-electron chi connectivity index (χ1n) is 9.00. The second-order valence-corrected chi connectivity index (χ2v) is 6.47. The minimum Gasteiger partial charge on any atom is -0.349 e. The molecule has 0 unspecified atom stereocenters. The van der Waals surface area contributed by atoms with Gasteiger partial charge in [-0.15, -0.1) is 0 Å². The molecule has 0 spiro atoms. The van der Waals surface area contributed by atoms with Crippen LogP contribution in [0.15, 0.2) is 58.5 Å². The fourth-order valence-corrected chi connectivity index (χ4v) is 2.94. The van der Waals surface area contributed by atoms with Gasteiger partial charge in [0, 0.05) is 12.6 Å². The van der Waals surface area contributed by atoms with E-state index in [9.17, 15) is 18.8 Å². The summed E-state index contributed by atoms with van der Waals surface area (Å²) in [5.41, 5.74) is 0.412. The van der Waals surface area contributed by atoms with E-state index in [2.05, 4.69) is 25.6 Å². The molecule has 3 aromatic heterocycles. The molecule has 0 saturated carbocycles. The van der Waals surface area contributed by atoms with Gasteiger partial charge in [0.1, 0.15) is 23.2 Å². The molecule has 2 N–H and O–H groups in total. The van der Waals surface area contributed by atoms with Crippen molar-refractivity contribution in [2.45, 2.75) is 13.1 Å². The summed E-state index contributed by atoms with van der Waals surface area (Å²) < 4.78 is 16.2. The number of benzene rings is 1. The highest BCUT2D eigenvalue weighted by atomic mass is 19.1.